The van der Waals surface area contributed by atoms with Crippen LogP contribution in [-0.2, 0) is 9.53 Å². The van der Waals surface area contributed by atoms with Gasteiger partial charge in [0.25, 0.3) is 0 Å². The molecular weight excluding hydrogens is 322 g/mol. The minimum absolute atomic E-state index is 0.0224. The third-order valence-corrected chi connectivity index (χ3v) is 7.97. The number of ether oxygens (including phenoxy) is 1. The van der Waals surface area contributed by atoms with E-state index in [-0.39, 0.29) is 22.9 Å². The van der Waals surface area contributed by atoms with Gasteiger partial charge in [0.1, 0.15) is 11.0 Å². The van der Waals surface area contributed by atoms with Crippen molar-refractivity contribution in [2.24, 2.45) is 40.4 Å². The normalized spacial score (nSPS) is 38.3. The molecule has 1 N–H and O–H groups in total. The molecule has 6 unspecified atom stereocenters. The zero-order valence-corrected chi connectivity index (χ0v) is 17.7. The molecule has 0 aromatic heterocycles. The highest BCUT2D eigenvalue weighted by atomic mass is 16.6. The molecule has 148 valence electrons. The third kappa shape index (κ3) is 3.03. The van der Waals surface area contributed by atoms with Gasteiger partial charge in [-0.3, -0.25) is 4.79 Å². The lowest BCUT2D eigenvalue weighted by molar-refractivity contribution is -0.182. The summed E-state index contributed by atoms with van der Waals surface area (Å²) in [7, 11) is 0. The minimum Gasteiger partial charge on any atom is -0.458 e. The van der Waals surface area contributed by atoms with Gasteiger partial charge >= 0.3 is 5.97 Å². The Hall–Kier alpha value is -0.860. The molecule has 0 amide bonds. The zero-order valence-electron chi connectivity index (χ0n) is 17.7. The average Bonchev–Trinajstić information content (AvgIpc) is 3.22. The summed E-state index contributed by atoms with van der Waals surface area (Å²) < 4.78 is 6.46. The second kappa shape index (κ2) is 6.63. The molecule has 6 atom stereocenters. The van der Waals surface area contributed by atoms with E-state index in [1.165, 1.54) is 31.9 Å². The van der Waals surface area contributed by atoms with E-state index >= 15 is 0 Å². The molecule has 0 aliphatic heterocycles. The van der Waals surface area contributed by atoms with Crippen LogP contribution in [-0.4, -0.2) is 17.8 Å². The van der Waals surface area contributed by atoms with E-state index in [1.54, 1.807) is 0 Å². The number of nitrogens with one attached hydrogen (secondary N) is 1. The van der Waals surface area contributed by atoms with Crippen molar-refractivity contribution >= 4 is 12.2 Å². The average molecular weight is 362 g/mol. The number of carbonyl (C=O) groups excluding carboxylic acids is 1. The molecule has 0 aromatic rings. The Kier molecular flexibility index (Phi) is 5.08. The van der Waals surface area contributed by atoms with Crippen molar-refractivity contribution in [1.29, 1.82) is 5.41 Å². The van der Waals surface area contributed by atoms with Crippen molar-refractivity contribution in [1.82, 2.24) is 0 Å². The van der Waals surface area contributed by atoms with E-state index < -0.39 is 5.41 Å². The first kappa shape index (κ1) is 19.9. The summed E-state index contributed by atoms with van der Waals surface area (Å²) in [5, 5.41) is 8.14. The second-order valence-corrected chi connectivity index (χ2v) is 10.9. The summed E-state index contributed by atoms with van der Waals surface area (Å²) in [5.74, 6) is 2.92. The number of carbonyl (C=O) groups is 1. The first-order valence-corrected chi connectivity index (χ1v) is 10.8. The van der Waals surface area contributed by atoms with Crippen molar-refractivity contribution < 1.29 is 9.53 Å². The van der Waals surface area contributed by atoms with Crippen LogP contribution in [0.2, 0.25) is 0 Å². The molecule has 0 radical (unpaired) electrons. The number of esters is 1. The van der Waals surface area contributed by atoms with E-state index in [1.807, 2.05) is 0 Å². The second-order valence-electron chi connectivity index (χ2n) is 10.9. The quantitative estimate of drug-likeness (QED) is 0.475. The van der Waals surface area contributed by atoms with Crippen molar-refractivity contribution in [2.45, 2.75) is 92.1 Å². The largest absolute Gasteiger partial charge is 0.458 e. The van der Waals surface area contributed by atoms with Gasteiger partial charge in [0.15, 0.2) is 0 Å². The minimum atomic E-state index is -0.808. The van der Waals surface area contributed by atoms with Crippen molar-refractivity contribution in [3.8, 4) is 0 Å². The molecular formula is C23H39NO2. The lowest BCUT2D eigenvalue weighted by Crippen LogP contribution is -2.50. The van der Waals surface area contributed by atoms with Crippen molar-refractivity contribution in [3.05, 3.63) is 0 Å². The summed E-state index contributed by atoms with van der Waals surface area (Å²) >= 11 is 0. The highest BCUT2D eigenvalue weighted by molar-refractivity contribution is 5.94. The van der Waals surface area contributed by atoms with E-state index in [0.717, 1.165) is 30.6 Å². The van der Waals surface area contributed by atoms with Crippen LogP contribution in [0.4, 0.5) is 0 Å². The first-order chi connectivity index (χ1) is 12.1. The van der Waals surface area contributed by atoms with Crippen LogP contribution < -0.4 is 0 Å². The van der Waals surface area contributed by atoms with Gasteiger partial charge in [-0.2, -0.15) is 0 Å². The Morgan fingerprint density at radius 2 is 1.92 bits per heavy atom. The maximum atomic E-state index is 13.5. The summed E-state index contributed by atoms with van der Waals surface area (Å²) in [4.78, 5) is 13.5. The number of hydrogen-bond acceptors (Lipinski definition) is 3. The summed E-state index contributed by atoms with van der Waals surface area (Å²) in [6, 6.07) is 0. The first-order valence-electron chi connectivity index (χ1n) is 10.8. The Morgan fingerprint density at radius 3 is 2.46 bits per heavy atom. The standard InChI is InChI=1S/C23H39NO2/c1-7-23(12-16-11-19(23)18-10-8-9-17(16)18)26-20(25)22(14-24,15(2)3)13-21(4,5)6/h14-19,24H,7-13H2,1-6H3. The fraction of sp³-hybridized carbons (Fsp3) is 0.913. The monoisotopic (exact) mass is 361 g/mol. The van der Waals surface area contributed by atoms with E-state index in [9.17, 15) is 4.79 Å². The topological polar surface area (TPSA) is 50.2 Å². The number of hydrogen-bond donors (Lipinski definition) is 1. The molecule has 2 bridgehead atoms. The van der Waals surface area contributed by atoms with E-state index in [4.69, 9.17) is 10.1 Å². The Balaban J connectivity index is 1.85. The van der Waals surface area contributed by atoms with Crippen LogP contribution in [0, 0.1) is 45.8 Å². The predicted molar refractivity (Wildman–Crippen MR) is 106 cm³/mol. The molecule has 3 aliphatic carbocycles. The Bertz CT molecular complexity index is 563. The fourth-order valence-electron chi connectivity index (χ4n) is 6.75. The SMILES string of the molecule is CCC1(OC(=O)C(C=N)(CC(C)(C)C)C(C)C)CC2CC1C1CCCC21. The summed E-state index contributed by atoms with van der Waals surface area (Å²) in [6.45, 7) is 12.8. The molecule has 3 rings (SSSR count). The molecule has 3 fully saturated rings. The van der Waals surface area contributed by atoms with Gasteiger partial charge in [0.05, 0.1) is 0 Å². The van der Waals surface area contributed by atoms with Gasteiger partial charge in [-0.05, 0) is 67.6 Å². The maximum Gasteiger partial charge on any atom is 0.318 e. The van der Waals surface area contributed by atoms with Crippen molar-refractivity contribution in [3.63, 3.8) is 0 Å². The highest BCUT2D eigenvalue weighted by Crippen LogP contribution is 2.64. The van der Waals surface area contributed by atoms with E-state index in [2.05, 4.69) is 41.5 Å². The van der Waals surface area contributed by atoms with Crippen LogP contribution in [0.3, 0.4) is 0 Å². The van der Waals surface area contributed by atoms with Gasteiger partial charge in [-0.1, -0.05) is 48.0 Å². The molecule has 0 saturated heterocycles. The van der Waals surface area contributed by atoms with Crippen LogP contribution in [0.1, 0.15) is 86.5 Å². The van der Waals surface area contributed by atoms with Gasteiger partial charge in [0.2, 0.25) is 0 Å². The molecule has 3 heteroatoms. The van der Waals surface area contributed by atoms with E-state index in [0.29, 0.717) is 12.3 Å². The molecule has 0 heterocycles. The summed E-state index contributed by atoms with van der Waals surface area (Å²) in [6.07, 6.45) is 9.37. The van der Waals surface area contributed by atoms with Crippen LogP contribution in [0.15, 0.2) is 0 Å². The van der Waals surface area contributed by atoms with Crippen molar-refractivity contribution in [2.75, 3.05) is 0 Å². The van der Waals surface area contributed by atoms with Gasteiger partial charge < -0.3 is 10.1 Å². The van der Waals surface area contributed by atoms with Crippen LogP contribution >= 0.6 is 0 Å². The lowest BCUT2D eigenvalue weighted by Gasteiger charge is -2.45. The smallest absolute Gasteiger partial charge is 0.318 e. The zero-order chi connectivity index (χ0) is 19.3. The molecule has 3 aliphatic rings. The molecule has 3 saturated carbocycles. The molecule has 3 nitrogen and oxygen atoms in total. The van der Waals surface area contributed by atoms with Crippen LogP contribution in [0.5, 0.6) is 0 Å². The molecule has 26 heavy (non-hydrogen) atoms. The highest BCUT2D eigenvalue weighted by Gasteiger charge is 2.63. The maximum absolute atomic E-state index is 13.5. The Morgan fingerprint density at radius 1 is 1.27 bits per heavy atom. The number of rotatable bonds is 6. The predicted octanol–water partition coefficient (Wildman–Crippen LogP) is 5.86. The van der Waals surface area contributed by atoms with Gasteiger partial charge in [-0.25, -0.2) is 0 Å². The van der Waals surface area contributed by atoms with Crippen LogP contribution in [0.25, 0.3) is 0 Å². The molecule has 0 aromatic carbocycles. The molecule has 0 spiro atoms. The lowest BCUT2D eigenvalue weighted by atomic mass is 9.67. The fourth-order valence-corrected chi connectivity index (χ4v) is 6.75. The van der Waals surface area contributed by atoms with Gasteiger partial charge in [-0.15, -0.1) is 0 Å². The number of fused-ring (bicyclic) bond motifs is 5. The van der Waals surface area contributed by atoms with Gasteiger partial charge in [0, 0.05) is 12.1 Å². The summed E-state index contributed by atoms with van der Waals surface area (Å²) in [5.41, 5.74) is -1.10. The Labute approximate surface area is 160 Å². The third-order valence-electron chi connectivity index (χ3n) is 7.97.